The number of fused-ring (bicyclic) bond motifs is 3. The topological polar surface area (TPSA) is 88.1 Å². The van der Waals surface area contributed by atoms with Crippen LogP contribution < -0.4 is 9.47 Å². The lowest BCUT2D eigenvalue weighted by molar-refractivity contribution is 0.126. The van der Waals surface area contributed by atoms with Crippen molar-refractivity contribution in [2.45, 2.75) is 58.6 Å². The van der Waals surface area contributed by atoms with Gasteiger partial charge < -0.3 is 18.9 Å². The van der Waals surface area contributed by atoms with Crippen LogP contribution in [0.5, 0.6) is 11.5 Å². The van der Waals surface area contributed by atoms with Crippen LogP contribution in [0, 0.1) is 13.8 Å². The van der Waals surface area contributed by atoms with Crippen molar-refractivity contribution < 1.29 is 14.3 Å². The van der Waals surface area contributed by atoms with E-state index in [4.69, 9.17) is 24.3 Å². The van der Waals surface area contributed by atoms with E-state index in [1.165, 1.54) is 43.4 Å². The molecule has 0 atom stereocenters. The molecule has 0 unspecified atom stereocenters. The number of hydrogen-bond acceptors (Lipinski definition) is 7. The van der Waals surface area contributed by atoms with Crippen molar-refractivity contribution in [2.24, 2.45) is 5.16 Å². The van der Waals surface area contributed by atoms with E-state index in [1.54, 1.807) is 31.3 Å². The molecule has 0 aliphatic heterocycles. The first-order valence-corrected chi connectivity index (χ1v) is 11.7. The minimum absolute atomic E-state index is 0.161. The number of oxime groups is 1. The van der Waals surface area contributed by atoms with E-state index in [-0.39, 0.29) is 6.61 Å². The zero-order valence-electron chi connectivity index (χ0n) is 20.1. The predicted octanol–water partition coefficient (Wildman–Crippen LogP) is 4.77. The summed E-state index contributed by atoms with van der Waals surface area (Å²) in [5.41, 5.74) is 5.12. The highest BCUT2D eigenvalue weighted by molar-refractivity contribution is 5.94. The molecule has 9 heteroatoms. The normalized spacial score (nSPS) is 14.9. The molecule has 0 saturated heterocycles. The largest absolute Gasteiger partial charge is 0.493 e. The molecule has 0 N–H and O–H groups in total. The summed E-state index contributed by atoms with van der Waals surface area (Å²) < 4.78 is 14.7. The van der Waals surface area contributed by atoms with Crippen molar-refractivity contribution in [3.05, 3.63) is 47.2 Å². The zero-order valence-corrected chi connectivity index (χ0v) is 20.1. The molecule has 0 radical (unpaired) electrons. The number of ether oxygens (including phenoxy) is 2. The van der Waals surface area contributed by atoms with Gasteiger partial charge in [-0.3, -0.25) is 0 Å². The second-order valence-electron chi connectivity index (χ2n) is 8.73. The molecule has 0 bridgehead atoms. The third-order valence-electron chi connectivity index (χ3n) is 6.74. The van der Waals surface area contributed by atoms with E-state index in [2.05, 4.69) is 28.7 Å². The van der Waals surface area contributed by atoms with Crippen molar-refractivity contribution in [3.8, 4) is 11.5 Å². The molecule has 1 aliphatic rings. The average molecular weight is 463 g/mol. The maximum Gasteiger partial charge on any atom is 0.192 e. The first-order chi connectivity index (χ1) is 16.6. The Bertz CT molecular complexity index is 1350. The Morgan fingerprint density at radius 3 is 2.62 bits per heavy atom. The van der Waals surface area contributed by atoms with Crippen molar-refractivity contribution in [2.75, 3.05) is 14.2 Å². The number of methoxy groups -OCH3 is 2. The Morgan fingerprint density at radius 1 is 1.06 bits per heavy atom. The molecular formula is C25H30N6O3. The summed E-state index contributed by atoms with van der Waals surface area (Å²) in [7, 11) is 3.20. The number of rotatable bonds is 7. The van der Waals surface area contributed by atoms with Gasteiger partial charge in [-0.05, 0) is 50.5 Å². The second-order valence-corrected chi connectivity index (χ2v) is 8.73. The molecule has 5 rings (SSSR count). The maximum atomic E-state index is 5.48. The monoisotopic (exact) mass is 462 g/mol. The maximum absolute atomic E-state index is 5.48. The summed E-state index contributed by atoms with van der Waals surface area (Å²) in [6.07, 6.45) is 9.67. The molecule has 34 heavy (non-hydrogen) atoms. The van der Waals surface area contributed by atoms with E-state index in [9.17, 15) is 0 Å². The fourth-order valence-corrected chi connectivity index (χ4v) is 4.90. The van der Waals surface area contributed by atoms with Gasteiger partial charge in [0.1, 0.15) is 12.0 Å². The van der Waals surface area contributed by atoms with Crippen LogP contribution in [-0.4, -0.2) is 44.6 Å². The van der Waals surface area contributed by atoms with Crippen LogP contribution in [0.4, 0.5) is 0 Å². The van der Waals surface area contributed by atoms with Gasteiger partial charge >= 0.3 is 0 Å². The van der Waals surface area contributed by atoms with E-state index < -0.39 is 0 Å². The van der Waals surface area contributed by atoms with Gasteiger partial charge in [-0.15, -0.1) is 5.10 Å². The van der Waals surface area contributed by atoms with Gasteiger partial charge in [0.15, 0.2) is 29.6 Å². The Kier molecular flexibility index (Phi) is 6.08. The SMILES string of the molecule is COc1ccc(/C=N/OCc2nc3c4c(C)c(C)n(C5CCCCC5)c4ncn3n2)cc1OC. The van der Waals surface area contributed by atoms with Crippen molar-refractivity contribution in [1.82, 2.24) is 24.1 Å². The fraction of sp³-hybridized carbons (Fsp3) is 0.440. The van der Waals surface area contributed by atoms with Crippen LogP contribution >= 0.6 is 0 Å². The second kappa shape index (κ2) is 9.32. The molecule has 1 fully saturated rings. The summed E-state index contributed by atoms with van der Waals surface area (Å²) in [6.45, 7) is 4.50. The third kappa shape index (κ3) is 3.95. The van der Waals surface area contributed by atoms with Crippen molar-refractivity contribution >= 4 is 22.9 Å². The van der Waals surface area contributed by atoms with Crippen LogP contribution in [0.2, 0.25) is 0 Å². The highest BCUT2D eigenvalue weighted by Crippen LogP contribution is 2.36. The molecule has 0 spiro atoms. The molecule has 1 saturated carbocycles. The number of nitrogens with zero attached hydrogens (tertiary/aromatic N) is 6. The van der Waals surface area contributed by atoms with Gasteiger partial charge in [0.25, 0.3) is 0 Å². The van der Waals surface area contributed by atoms with Gasteiger partial charge in [-0.25, -0.2) is 14.5 Å². The molecule has 1 aliphatic carbocycles. The van der Waals surface area contributed by atoms with Crippen LogP contribution in [0.25, 0.3) is 16.7 Å². The van der Waals surface area contributed by atoms with E-state index >= 15 is 0 Å². The summed E-state index contributed by atoms with van der Waals surface area (Å²) >= 11 is 0. The molecule has 3 aromatic heterocycles. The first kappa shape index (κ1) is 22.2. The number of aromatic nitrogens is 5. The van der Waals surface area contributed by atoms with Gasteiger partial charge in [0, 0.05) is 17.3 Å². The van der Waals surface area contributed by atoms with Gasteiger partial charge in [-0.1, -0.05) is 24.4 Å². The molecule has 4 aromatic rings. The zero-order chi connectivity index (χ0) is 23.7. The minimum atomic E-state index is 0.161. The van der Waals surface area contributed by atoms with Crippen molar-refractivity contribution in [1.29, 1.82) is 0 Å². The lowest BCUT2D eigenvalue weighted by atomic mass is 9.95. The van der Waals surface area contributed by atoms with Crippen LogP contribution in [0.1, 0.15) is 60.8 Å². The summed E-state index contributed by atoms with van der Waals surface area (Å²) in [5.74, 6) is 1.86. The number of benzene rings is 1. The predicted molar refractivity (Wildman–Crippen MR) is 130 cm³/mol. The molecule has 3 heterocycles. The molecule has 178 valence electrons. The van der Waals surface area contributed by atoms with E-state index in [0.29, 0.717) is 23.4 Å². The Hall–Kier alpha value is -3.62. The van der Waals surface area contributed by atoms with E-state index in [1.807, 2.05) is 18.2 Å². The minimum Gasteiger partial charge on any atom is -0.493 e. The molecule has 1 aromatic carbocycles. The van der Waals surface area contributed by atoms with Crippen LogP contribution in [-0.2, 0) is 11.4 Å². The highest BCUT2D eigenvalue weighted by Gasteiger charge is 2.24. The Labute approximate surface area is 198 Å². The van der Waals surface area contributed by atoms with Gasteiger partial charge in [0.2, 0.25) is 0 Å². The van der Waals surface area contributed by atoms with Crippen LogP contribution in [0.15, 0.2) is 29.7 Å². The number of aryl methyl sites for hydroxylation is 1. The lowest BCUT2D eigenvalue weighted by Crippen LogP contribution is -2.14. The summed E-state index contributed by atoms with van der Waals surface area (Å²) in [6, 6.07) is 6.05. The summed E-state index contributed by atoms with van der Waals surface area (Å²) in [4.78, 5) is 15.0. The summed E-state index contributed by atoms with van der Waals surface area (Å²) in [5, 5.41) is 9.68. The Balaban J connectivity index is 1.37. The van der Waals surface area contributed by atoms with Gasteiger partial charge in [-0.2, -0.15) is 0 Å². The van der Waals surface area contributed by atoms with Crippen LogP contribution in [0.3, 0.4) is 0 Å². The average Bonchev–Trinajstić information content (AvgIpc) is 3.40. The number of hydrogen-bond donors (Lipinski definition) is 0. The van der Waals surface area contributed by atoms with Gasteiger partial charge in [0.05, 0.1) is 25.8 Å². The molecular weight excluding hydrogens is 432 g/mol. The fourth-order valence-electron chi connectivity index (χ4n) is 4.90. The molecule has 9 nitrogen and oxygen atoms in total. The Morgan fingerprint density at radius 2 is 1.85 bits per heavy atom. The van der Waals surface area contributed by atoms with Crippen molar-refractivity contribution in [3.63, 3.8) is 0 Å². The third-order valence-corrected chi connectivity index (χ3v) is 6.74. The first-order valence-electron chi connectivity index (χ1n) is 11.7. The standard InChI is InChI=1S/C25H30N6O3/c1-16-17(2)31(19-8-6-5-7-9-19)24-23(16)25-28-22(29-30(25)15-26-24)14-34-27-13-18-10-11-20(32-3)21(12-18)33-4/h10-13,15,19H,5-9,14H2,1-4H3/b27-13+. The smallest absolute Gasteiger partial charge is 0.192 e. The lowest BCUT2D eigenvalue weighted by Gasteiger charge is -2.25. The van der Waals surface area contributed by atoms with E-state index in [0.717, 1.165) is 22.2 Å². The molecule has 0 amide bonds. The highest BCUT2D eigenvalue weighted by atomic mass is 16.6. The quantitative estimate of drug-likeness (QED) is 0.290.